The zero-order valence-corrected chi connectivity index (χ0v) is 9.41. The number of carbonyl (C=O) groups excluding carboxylic acids is 2. The number of amides is 1. The highest BCUT2D eigenvalue weighted by atomic mass is 16.5. The van der Waals surface area contributed by atoms with E-state index in [0.29, 0.717) is 12.3 Å². The lowest BCUT2D eigenvalue weighted by Gasteiger charge is -2.22. The van der Waals surface area contributed by atoms with Gasteiger partial charge in [0.15, 0.2) is 5.78 Å². The average Bonchev–Trinajstić information content (AvgIpc) is 2.18. The second-order valence-corrected chi connectivity index (χ2v) is 4.15. The first-order valence-electron chi connectivity index (χ1n) is 5.47. The molecule has 0 aromatic heterocycles. The van der Waals surface area contributed by atoms with Crippen LogP contribution in [0.5, 0.6) is 0 Å². The average molecular weight is 213 g/mol. The summed E-state index contributed by atoms with van der Waals surface area (Å²) in [4.78, 5) is 22.5. The minimum absolute atomic E-state index is 0.122. The van der Waals surface area contributed by atoms with Crippen molar-refractivity contribution in [2.75, 3.05) is 13.2 Å². The number of hydrogen-bond acceptors (Lipinski definition) is 3. The van der Waals surface area contributed by atoms with Gasteiger partial charge in [0.2, 0.25) is 5.91 Å². The summed E-state index contributed by atoms with van der Waals surface area (Å²) in [6.45, 7) is 4.68. The van der Waals surface area contributed by atoms with Crippen molar-refractivity contribution in [2.24, 2.45) is 5.92 Å². The number of rotatable bonds is 4. The van der Waals surface area contributed by atoms with E-state index in [1.54, 1.807) is 6.92 Å². The Balaban J connectivity index is 2.30. The van der Waals surface area contributed by atoms with Crippen molar-refractivity contribution in [1.82, 2.24) is 5.32 Å². The summed E-state index contributed by atoms with van der Waals surface area (Å²) in [7, 11) is 0. The summed E-state index contributed by atoms with van der Waals surface area (Å²) >= 11 is 0. The van der Waals surface area contributed by atoms with Crippen molar-refractivity contribution in [3.05, 3.63) is 0 Å². The van der Waals surface area contributed by atoms with E-state index in [9.17, 15) is 9.59 Å². The predicted octanol–water partition coefficient (Wildman–Crippen LogP) is 0.897. The lowest BCUT2D eigenvalue weighted by atomic mass is 9.92. The molecule has 0 aromatic rings. The number of carbonyl (C=O) groups is 2. The molecule has 15 heavy (non-hydrogen) atoms. The van der Waals surface area contributed by atoms with Gasteiger partial charge in [-0.05, 0) is 25.7 Å². The van der Waals surface area contributed by atoms with Crippen molar-refractivity contribution in [2.45, 2.75) is 39.2 Å². The SMILES string of the molecule is CC(=O)NC(C)C(=O)CC1CCOCC1. The number of ether oxygens (including phenoxy) is 1. The third-order valence-corrected chi connectivity index (χ3v) is 2.73. The Labute approximate surface area is 90.4 Å². The maximum absolute atomic E-state index is 11.7. The molecule has 1 heterocycles. The molecule has 0 aromatic carbocycles. The van der Waals surface area contributed by atoms with E-state index >= 15 is 0 Å². The summed E-state index contributed by atoms with van der Waals surface area (Å²) < 4.78 is 5.23. The number of ketones is 1. The summed E-state index contributed by atoms with van der Waals surface area (Å²) in [5.41, 5.74) is 0. The van der Waals surface area contributed by atoms with Gasteiger partial charge in [0, 0.05) is 26.6 Å². The maximum atomic E-state index is 11.7. The van der Waals surface area contributed by atoms with Crippen LogP contribution in [0.2, 0.25) is 0 Å². The number of hydrogen-bond donors (Lipinski definition) is 1. The van der Waals surface area contributed by atoms with Crippen LogP contribution in [-0.2, 0) is 14.3 Å². The third kappa shape index (κ3) is 4.42. The van der Waals surface area contributed by atoms with Gasteiger partial charge in [-0.2, -0.15) is 0 Å². The molecule has 1 aliphatic heterocycles. The van der Waals surface area contributed by atoms with Crippen LogP contribution in [0.15, 0.2) is 0 Å². The Morgan fingerprint density at radius 3 is 2.53 bits per heavy atom. The minimum Gasteiger partial charge on any atom is -0.381 e. The van der Waals surface area contributed by atoms with Crippen molar-refractivity contribution in [3.63, 3.8) is 0 Å². The fraction of sp³-hybridized carbons (Fsp3) is 0.818. The molecule has 1 aliphatic rings. The van der Waals surface area contributed by atoms with Gasteiger partial charge in [-0.3, -0.25) is 9.59 Å². The van der Waals surface area contributed by atoms with Gasteiger partial charge in [0.25, 0.3) is 0 Å². The second-order valence-electron chi connectivity index (χ2n) is 4.15. The lowest BCUT2D eigenvalue weighted by molar-refractivity contribution is -0.127. The Hall–Kier alpha value is -0.900. The smallest absolute Gasteiger partial charge is 0.217 e. The van der Waals surface area contributed by atoms with Crippen LogP contribution in [0.3, 0.4) is 0 Å². The van der Waals surface area contributed by atoms with Gasteiger partial charge < -0.3 is 10.1 Å². The van der Waals surface area contributed by atoms with Gasteiger partial charge in [0.05, 0.1) is 6.04 Å². The van der Waals surface area contributed by atoms with Gasteiger partial charge in [-0.1, -0.05) is 0 Å². The first-order chi connectivity index (χ1) is 7.09. The fourth-order valence-electron chi connectivity index (χ4n) is 1.80. The molecule has 4 nitrogen and oxygen atoms in total. The Morgan fingerprint density at radius 2 is 2.00 bits per heavy atom. The van der Waals surface area contributed by atoms with E-state index in [-0.39, 0.29) is 17.7 Å². The molecule has 86 valence electrons. The quantitative estimate of drug-likeness (QED) is 0.754. The normalized spacial score (nSPS) is 19.6. The topological polar surface area (TPSA) is 55.4 Å². The molecule has 1 unspecified atom stereocenters. The van der Waals surface area contributed by atoms with E-state index < -0.39 is 0 Å². The van der Waals surface area contributed by atoms with Crippen molar-refractivity contribution >= 4 is 11.7 Å². The number of Topliss-reactive ketones (excluding diaryl/α,β-unsaturated/α-hetero) is 1. The molecule has 1 saturated heterocycles. The molecular weight excluding hydrogens is 194 g/mol. The van der Waals surface area contributed by atoms with Gasteiger partial charge in [-0.15, -0.1) is 0 Å². The molecule has 1 amide bonds. The van der Waals surface area contributed by atoms with E-state index in [2.05, 4.69) is 5.32 Å². The predicted molar refractivity (Wildman–Crippen MR) is 56.4 cm³/mol. The standard InChI is InChI=1S/C11H19NO3/c1-8(12-9(2)13)11(14)7-10-3-5-15-6-4-10/h8,10H,3-7H2,1-2H3,(H,12,13). The highest BCUT2D eigenvalue weighted by molar-refractivity contribution is 5.88. The van der Waals surface area contributed by atoms with Crippen LogP contribution in [0, 0.1) is 5.92 Å². The third-order valence-electron chi connectivity index (χ3n) is 2.73. The minimum atomic E-state index is -0.356. The molecule has 0 bridgehead atoms. The van der Waals surface area contributed by atoms with Crippen LogP contribution in [0.4, 0.5) is 0 Å². The Morgan fingerprint density at radius 1 is 1.40 bits per heavy atom. The Kier molecular flexibility index (Phi) is 4.75. The van der Waals surface area contributed by atoms with Crippen LogP contribution in [-0.4, -0.2) is 30.9 Å². The zero-order chi connectivity index (χ0) is 11.3. The molecule has 1 fully saturated rings. The monoisotopic (exact) mass is 213 g/mol. The molecule has 0 aliphatic carbocycles. The Bertz CT molecular complexity index is 234. The van der Waals surface area contributed by atoms with Crippen LogP contribution >= 0.6 is 0 Å². The van der Waals surface area contributed by atoms with Crippen molar-refractivity contribution in [3.8, 4) is 0 Å². The highest BCUT2D eigenvalue weighted by Gasteiger charge is 2.21. The number of nitrogens with one attached hydrogen (secondary N) is 1. The summed E-state index contributed by atoms with van der Waals surface area (Å²) in [5.74, 6) is 0.405. The van der Waals surface area contributed by atoms with Crippen LogP contribution in [0.25, 0.3) is 0 Å². The summed E-state index contributed by atoms with van der Waals surface area (Å²) in [5, 5.41) is 2.61. The van der Waals surface area contributed by atoms with E-state index in [1.165, 1.54) is 6.92 Å². The second kappa shape index (κ2) is 5.85. The molecule has 1 N–H and O–H groups in total. The summed E-state index contributed by atoms with van der Waals surface area (Å²) in [6, 6.07) is -0.356. The first-order valence-corrected chi connectivity index (χ1v) is 5.47. The molecule has 1 atom stereocenters. The van der Waals surface area contributed by atoms with E-state index in [0.717, 1.165) is 26.1 Å². The van der Waals surface area contributed by atoms with Gasteiger partial charge >= 0.3 is 0 Å². The largest absolute Gasteiger partial charge is 0.381 e. The zero-order valence-electron chi connectivity index (χ0n) is 9.41. The molecule has 0 saturated carbocycles. The summed E-state index contributed by atoms with van der Waals surface area (Å²) in [6.07, 6.45) is 2.47. The van der Waals surface area contributed by atoms with Crippen LogP contribution in [0.1, 0.15) is 33.1 Å². The molecule has 4 heteroatoms. The first kappa shape index (κ1) is 12.2. The molecular formula is C11H19NO3. The van der Waals surface area contributed by atoms with Crippen molar-refractivity contribution < 1.29 is 14.3 Å². The van der Waals surface area contributed by atoms with Gasteiger partial charge in [-0.25, -0.2) is 0 Å². The van der Waals surface area contributed by atoms with E-state index in [1.807, 2.05) is 0 Å². The van der Waals surface area contributed by atoms with Crippen molar-refractivity contribution in [1.29, 1.82) is 0 Å². The molecule has 0 radical (unpaired) electrons. The maximum Gasteiger partial charge on any atom is 0.217 e. The van der Waals surface area contributed by atoms with Gasteiger partial charge in [0.1, 0.15) is 0 Å². The molecule has 0 spiro atoms. The molecule has 1 rings (SSSR count). The highest BCUT2D eigenvalue weighted by Crippen LogP contribution is 2.19. The van der Waals surface area contributed by atoms with E-state index in [4.69, 9.17) is 4.74 Å². The lowest BCUT2D eigenvalue weighted by Crippen LogP contribution is -2.38. The fourth-order valence-corrected chi connectivity index (χ4v) is 1.80. The van der Waals surface area contributed by atoms with Crippen LogP contribution < -0.4 is 5.32 Å².